The number of hydrogen-bond acceptors (Lipinski definition) is 0. The maximum atomic E-state index is 5.19. The fourth-order valence-corrected chi connectivity index (χ4v) is 3.63. The van der Waals surface area contributed by atoms with Crippen molar-refractivity contribution in [3.63, 3.8) is 0 Å². The van der Waals surface area contributed by atoms with Gasteiger partial charge in [-0.1, -0.05) is 96.3 Å². The molecule has 141 valence electrons. The summed E-state index contributed by atoms with van der Waals surface area (Å²) in [4.78, 5) is 0. The smallest absolute Gasteiger partial charge is 1.00 e. The zero-order valence-electron chi connectivity index (χ0n) is 16.6. The molecule has 0 amide bonds. The van der Waals surface area contributed by atoms with E-state index in [1.165, 1.54) is 33.4 Å². The molecule has 0 heterocycles. The van der Waals surface area contributed by atoms with E-state index in [4.69, 9.17) is 5.32 Å². The number of hydrogen-bond donors (Lipinski definition) is 0. The molecule has 0 saturated carbocycles. The van der Waals surface area contributed by atoms with Gasteiger partial charge < -0.3 is 30.1 Å². The minimum Gasteiger partial charge on any atom is -1.00 e. The van der Waals surface area contributed by atoms with Crippen molar-refractivity contribution in [1.29, 1.82) is 0 Å². The van der Waals surface area contributed by atoms with E-state index in [1.807, 2.05) is 0 Å². The van der Waals surface area contributed by atoms with E-state index < -0.39 is 0 Å². The Labute approximate surface area is 191 Å². The van der Waals surface area contributed by atoms with Crippen LogP contribution in [0.2, 0.25) is 0 Å². The van der Waals surface area contributed by atoms with Crippen molar-refractivity contribution in [3.8, 4) is 0 Å². The van der Waals surface area contributed by atoms with E-state index in [1.54, 1.807) is 0 Å². The van der Waals surface area contributed by atoms with Crippen LogP contribution < -0.4 is 24.8 Å². The summed E-state index contributed by atoms with van der Waals surface area (Å²) in [6.07, 6.45) is 7.59. The molecule has 27 heavy (non-hydrogen) atoms. The van der Waals surface area contributed by atoms with Gasteiger partial charge in [0.05, 0.1) is 0 Å². The van der Waals surface area contributed by atoms with Crippen LogP contribution in [0.25, 0.3) is 10.9 Å². The van der Waals surface area contributed by atoms with Crippen LogP contribution in [0.15, 0.2) is 54.6 Å². The van der Waals surface area contributed by atoms with Gasteiger partial charge in [-0.3, -0.25) is 0 Å². The molecule has 0 aliphatic heterocycles. The van der Waals surface area contributed by atoms with Crippen molar-refractivity contribution in [2.24, 2.45) is 0 Å². The molecule has 1 nitrogen and oxygen atoms in total. The molecule has 1 aliphatic carbocycles. The Hall–Kier alpha value is -0.986. The molecule has 0 saturated heterocycles. The first kappa shape index (κ1) is 26.0. The molecule has 0 spiro atoms. The second-order valence-corrected chi connectivity index (χ2v) is 7.29. The van der Waals surface area contributed by atoms with Crippen LogP contribution in [0.1, 0.15) is 48.1 Å². The quantitative estimate of drug-likeness (QED) is 0.635. The normalized spacial score (nSPS) is 12.4. The zero-order valence-corrected chi connectivity index (χ0v) is 19.7. The first-order valence-electron chi connectivity index (χ1n) is 8.65. The molecule has 0 bridgehead atoms. The standard InChI is InChI=1S/C23H26N.2ClH.Ti/c1-16-14-17(2)22(18(3)15-16)24-23(4,5)21-13-9-8-12-20(21)19-10-6-7-11-19;;;/h6-10,12-15H,11H2,1-5H3;2*1H;/q-1;;;+3/p-2. The van der Waals surface area contributed by atoms with Crippen molar-refractivity contribution in [1.82, 2.24) is 0 Å². The second-order valence-electron chi connectivity index (χ2n) is 7.29. The van der Waals surface area contributed by atoms with Gasteiger partial charge in [0, 0.05) is 0 Å². The third kappa shape index (κ3) is 5.75. The van der Waals surface area contributed by atoms with Crippen molar-refractivity contribution in [2.45, 2.75) is 46.6 Å². The molecule has 0 fully saturated rings. The van der Waals surface area contributed by atoms with Gasteiger partial charge in [0.25, 0.3) is 0 Å². The Balaban J connectivity index is 0.00000225. The molecule has 1 radical (unpaired) electrons. The zero-order chi connectivity index (χ0) is 17.3. The van der Waals surface area contributed by atoms with E-state index in [2.05, 4.69) is 89.2 Å². The number of aryl methyl sites for hydroxylation is 3. The molecule has 3 rings (SSSR count). The Kier molecular flexibility index (Phi) is 10.1. The van der Waals surface area contributed by atoms with Crippen molar-refractivity contribution >= 4 is 11.3 Å². The first-order chi connectivity index (χ1) is 11.4. The third-order valence-corrected chi connectivity index (χ3v) is 4.73. The van der Waals surface area contributed by atoms with E-state index >= 15 is 0 Å². The summed E-state index contributed by atoms with van der Waals surface area (Å²) in [7, 11) is 0. The number of halogens is 2. The molecule has 2 aromatic carbocycles. The fourth-order valence-electron chi connectivity index (χ4n) is 3.63. The maximum absolute atomic E-state index is 5.19. The molecule has 0 unspecified atom stereocenters. The van der Waals surface area contributed by atoms with E-state index in [9.17, 15) is 0 Å². The van der Waals surface area contributed by atoms with Crippen LogP contribution in [0.4, 0.5) is 5.69 Å². The van der Waals surface area contributed by atoms with Crippen molar-refractivity contribution in [3.05, 3.63) is 87.8 Å². The van der Waals surface area contributed by atoms with Gasteiger partial charge in [-0.25, -0.2) is 0 Å². The van der Waals surface area contributed by atoms with Crippen LogP contribution in [0, 0.1) is 20.8 Å². The van der Waals surface area contributed by atoms with Gasteiger partial charge in [0.2, 0.25) is 0 Å². The minimum absolute atomic E-state index is 0. The average Bonchev–Trinajstić information content (AvgIpc) is 3.05. The molecule has 0 N–H and O–H groups in total. The molecule has 0 atom stereocenters. The summed E-state index contributed by atoms with van der Waals surface area (Å²) in [5.41, 5.74) is 8.64. The Morgan fingerprint density at radius 3 is 2.07 bits per heavy atom. The molecular formula is C23H26Cl2NTi. The average molecular weight is 435 g/mol. The SMILES string of the molecule is Cc1cc(C)c([N-]C(C)(C)c2ccccc2C2=CC=CC2)c(C)c1.[Cl-].[Cl-].[Ti+3]. The van der Waals surface area contributed by atoms with E-state index in [0.717, 1.165) is 12.1 Å². The van der Waals surface area contributed by atoms with Gasteiger partial charge in [-0.15, -0.1) is 5.69 Å². The molecule has 4 heteroatoms. The van der Waals surface area contributed by atoms with Gasteiger partial charge in [0.1, 0.15) is 0 Å². The van der Waals surface area contributed by atoms with Crippen LogP contribution in [-0.4, -0.2) is 0 Å². The third-order valence-electron chi connectivity index (χ3n) is 4.73. The Bertz CT molecular complexity index is 815. The van der Waals surface area contributed by atoms with Gasteiger partial charge in [-0.05, 0) is 38.3 Å². The number of rotatable bonds is 4. The second kappa shape index (κ2) is 10.5. The van der Waals surface area contributed by atoms with Gasteiger partial charge in [0.15, 0.2) is 0 Å². The van der Waals surface area contributed by atoms with Crippen LogP contribution in [0.5, 0.6) is 0 Å². The Morgan fingerprint density at radius 2 is 1.52 bits per heavy atom. The predicted octanol–water partition coefficient (Wildman–Crippen LogP) is 0.901. The fraction of sp³-hybridized carbons (Fsp3) is 0.304. The molecule has 0 aromatic heterocycles. The number of nitrogens with zero attached hydrogens (tertiary/aromatic N) is 1. The summed E-state index contributed by atoms with van der Waals surface area (Å²) >= 11 is 0. The summed E-state index contributed by atoms with van der Waals surface area (Å²) in [6, 6.07) is 13.1. The summed E-state index contributed by atoms with van der Waals surface area (Å²) in [5, 5.41) is 5.19. The number of benzene rings is 2. The largest absolute Gasteiger partial charge is 3.00 e. The summed E-state index contributed by atoms with van der Waals surface area (Å²) in [6.45, 7) is 10.9. The predicted molar refractivity (Wildman–Crippen MR) is 105 cm³/mol. The van der Waals surface area contributed by atoms with Crippen LogP contribution in [-0.2, 0) is 27.3 Å². The summed E-state index contributed by atoms with van der Waals surface area (Å²) in [5.74, 6) is 0. The van der Waals surface area contributed by atoms with Crippen molar-refractivity contribution < 1.29 is 46.5 Å². The van der Waals surface area contributed by atoms with E-state index in [-0.39, 0.29) is 52.1 Å². The molecule has 2 aromatic rings. The number of allylic oxidation sites excluding steroid dienone is 4. The topological polar surface area (TPSA) is 14.1 Å². The maximum Gasteiger partial charge on any atom is 3.00 e. The first-order valence-corrected chi connectivity index (χ1v) is 8.65. The van der Waals surface area contributed by atoms with Crippen LogP contribution in [0.3, 0.4) is 0 Å². The van der Waals surface area contributed by atoms with Crippen molar-refractivity contribution in [2.75, 3.05) is 0 Å². The minimum atomic E-state index is -0.273. The molecule has 1 aliphatic rings. The van der Waals surface area contributed by atoms with Gasteiger partial charge >= 0.3 is 21.7 Å². The molecular weight excluding hydrogens is 409 g/mol. The van der Waals surface area contributed by atoms with Gasteiger partial charge in [-0.2, -0.15) is 0 Å². The van der Waals surface area contributed by atoms with Crippen LogP contribution >= 0.6 is 0 Å². The monoisotopic (exact) mass is 434 g/mol. The summed E-state index contributed by atoms with van der Waals surface area (Å²) < 4.78 is 0. The van der Waals surface area contributed by atoms with E-state index in [0.29, 0.717) is 0 Å². The Morgan fingerprint density at radius 1 is 0.926 bits per heavy atom.